The van der Waals surface area contributed by atoms with Crippen LogP contribution in [-0.2, 0) is 65.3 Å². The average molecular weight is 1250 g/mol. The maximum Gasteiger partial charge on any atom is 0.412 e. The molecule has 0 aliphatic carbocycles. The summed E-state index contributed by atoms with van der Waals surface area (Å²) in [7, 11) is 3.05. The highest BCUT2D eigenvalue weighted by Gasteiger charge is 2.64. The van der Waals surface area contributed by atoms with Crippen molar-refractivity contribution in [2.75, 3.05) is 42.9 Å². The zero-order chi connectivity index (χ0) is 61.6. The van der Waals surface area contributed by atoms with E-state index in [0.29, 0.717) is 63.8 Å². The summed E-state index contributed by atoms with van der Waals surface area (Å²) in [6.07, 6.45) is 4.23. The number of rotatable bonds is 23. The number of nitrogens with zero attached hydrogens (tertiary/aromatic N) is 2. The van der Waals surface area contributed by atoms with Crippen molar-refractivity contribution in [2.45, 2.75) is 160 Å². The third-order valence-electron chi connectivity index (χ3n) is 16.0. The van der Waals surface area contributed by atoms with Crippen LogP contribution in [0, 0.1) is 24.7 Å². The van der Waals surface area contributed by atoms with Crippen molar-refractivity contribution >= 4 is 97.3 Å². The highest BCUT2D eigenvalue weighted by Crippen LogP contribution is 2.50. The van der Waals surface area contributed by atoms with Crippen LogP contribution in [-0.4, -0.2) is 132 Å². The van der Waals surface area contributed by atoms with Crippen LogP contribution in [0.5, 0.6) is 0 Å². The molecule has 20 nitrogen and oxygen atoms in total. The van der Waals surface area contributed by atoms with Gasteiger partial charge in [-0.1, -0.05) is 90.8 Å². The number of unbranched alkanes of at least 4 members (excludes halogenated alkanes) is 2. The molecule has 5 amide bonds. The third kappa shape index (κ3) is 17.5. The number of hydrogen-bond acceptors (Lipinski definition) is 15. The first-order valence-electron chi connectivity index (χ1n) is 28.4. The number of halogens is 2. The van der Waals surface area contributed by atoms with Gasteiger partial charge in [-0.15, -0.1) is 0 Å². The summed E-state index contributed by atoms with van der Waals surface area (Å²) in [6.45, 7) is 14.9. The van der Waals surface area contributed by atoms with Gasteiger partial charge in [0, 0.05) is 80.7 Å². The number of carbonyl (C=O) groups excluding carboxylic acids is 8. The Hall–Kier alpha value is -6.52. The molecular formula is C62H80BrClN6O14. The van der Waals surface area contributed by atoms with Crippen molar-refractivity contribution in [3.8, 4) is 0 Å². The van der Waals surface area contributed by atoms with Crippen LogP contribution in [0.4, 0.5) is 21.0 Å². The van der Waals surface area contributed by atoms with Crippen LogP contribution in [0.2, 0.25) is 5.02 Å². The summed E-state index contributed by atoms with van der Waals surface area (Å²) in [4.78, 5) is 113. The van der Waals surface area contributed by atoms with Gasteiger partial charge in [-0.25, -0.2) is 14.4 Å². The van der Waals surface area contributed by atoms with Gasteiger partial charge in [-0.2, -0.15) is 0 Å². The van der Waals surface area contributed by atoms with Gasteiger partial charge in [0.1, 0.15) is 35.3 Å². The summed E-state index contributed by atoms with van der Waals surface area (Å²) in [5, 5.41) is 21.4. The van der Waals surface area contributed by atoms with Crippen molar-refractivity contribution in [1.29, 1.82) is 0 Å². The molecule has 0 saturated carbocycles. The van der Waals surface area contributed by atoms with Gasteiger partial charge in [0.15, 0.2) is 5.78 Å². The predicted molar refractivity (Wildman–Crippen MR) is 322 cm³/mol. The molecule has 3 aliphatic rings. The minimum absolute atomic E-state index is 0.00706. The molecule has 3 aliphatic heterocycles. The molecule has 4 heterocycles. The van der Waals surface area contributed by atoms with Crippen molar-refractivity contribution in [3.05, 3.63) is 100 Å². The number of amides is 5. The van der Waals surface area contributed by atoms with Gasteiger partial charge in [0.05, 0.1) is 53.5 Å². The number of aryl methyl sites for hydroxylation is 1. The number of aromatic nitrogens is 1. The number of ether oxygens (including phenoxy) is 5. The number of nitrogens with two attached hydrogens (primary N) is 1. The van der Waals surface area contributed by atoms with E-state index in [1.165, 1.54) is 18.2 Å². The fourth-order valence-corrected chi connectivity index (χ4v) is 11.4. The number of methoxy groups -OCH3 is 1. The number of alkyl halides is 1. The molecule has 0 radical (unpaired) electrons. The second kappa shape index (κ2) is 30.0. The standard InChI is InChI=1S/C62H80BrClN6O14/c1-35(2)44(30-42(71)17-11-10-12-25-81-58(76)38(5)34-63)57(75)68-46(19-15-24-67-59(65)77)48(72)29-41-21-22-45(43-18-14-23-66-55(41)43)69-60(78)83-51-31-52(73)70(8)47-28-40(27-37(4)54(47)64)26-36(3)16-13-20-50(80-9)62(79)32-49(82-53(74)33-62)39(6)56-61(51,7)84-56/h13-14,16,18,20-23,27-28,35,39,44,46,49-51,56,79H,5,10-12,15,17,19,24-26,29-34H2,1-4,6-9H3,(H,68,75)(H,69,78)(H3,65,67,77)/b20-13+,36-16+/t39-,44+,46+,49+,50-,51+,56+,61+,62-/m1/s1. The van der Waals surface area contributed by atoms with Crippen molar-refractivity contribution in [1.82, 2.24) is 15.6 Å². The van der Waals surface area contributed by atoms with E-state index >= 15 is 0 Å². The molecule has 2 saturated heterocycles. The Kier molecular flexibility index (Phi) is 23.8. The van der Waals surface area contributed by atoms with Gasteiger partial charge in [0.2, 0.25) is 11.8 Å². The van der Waals surface area contributed by atoms with Crippen molar-refractivity contribution < 1.29 is 67.1 Å². The van der Waals surface area contributed by atoms with Gasteiger partial charge in [-0.05, 0) is 106 Å². The molecule has 22 heteroatoms. The Labute approximate surface area is 504 Å². The lowest BCUT2D eigenvalue weighted by molar-refractivity contribution is -0.187. The smallest absolute Gasteiger partial charge is 0.412 e. The Bertz CT molecular complexity index is 3020. The number of hydrogen-bond donors (Lipinski definition) is 5. The van der Waals surface area contributed by atoms with E-state index in [9.17, 15) is 43.5 Å². The van der Waals surface area contributed by atoms with E-state index in [-0.39, 0.29) is 87.7 Å². The monoisotopic (exact) mass is 1250 g/mol. The van der Waals surface area contributed by atoms with Gasteiger partial charge < -0.3 is 50.1 Å². The average Bonchev–Trinajstić information content (AvgIpc) is 1.94. The molecule has 2 fully saturated rings. The Morgan fingerprint density at radius 1 is 1.07 bits per heavy atom. The van der Waals surface area contributed by atoms with E-state index < -0.39 is 89.4 Å². The van der Waals surface area contributed by atoms with E-state index in [1.54, 1.807) is 57.3 Å². The Balaban J connectivity index is 1.21. The molecule has 6 rings (SSSR count). The van der Waals surface area contributed by atoms with E-state index in [1.807, 2.05) is 45.9 Å². The molecule has 6 N–H and O–H groups in total. The molecule has 0 spiro atoms. The van der Waals surface area contributed by atoms with Crippen molar-refractivity contribution in [3.63, 3.8) is 0 Å². The number of benzene rings is 2. The molecule has 0 unspecified atom stereocenters. The van der Waals surface area contributed by atoms with Gasteiger partial charge in [-0.3, -0.25) is 34.3 Å². The number of fused-ring (bicyclic) bond motifs is 6. The number of primary amides is 1. The topological polar surface area (TPSA) is 284 Å². The normalized spacial score (nSPS) is 24.3. The molecular weight excluding hydrogens is 1170 g/mol. The number of nitrogens with one attached hydrogen (secondary N) is 3. The summed E-state index contributed by atoms with van der Waals surface area (Å²) in [5.74, 6) is -4.09. The number of pyridine rings is 1. The summed E-state index contributed by atoms with van der Waals surface area (Å²) < 4.78 is 29.4. The highest BCUT2D eigenvalue weighted by molar-refractivity contribution is 9.09. The van der Waals surface area contributed by atoms with Crippen LogP contribution in [0.1, 0.15) is 116 Å². The molecule has 456 valence electrons. The first-order chi connectivity index (χ1) is 39.8. The fourth-order valence-electron chi connectivity index (χ4n) is 11.0. The largest absolute Gasteiger partial charge is 0.462 e. The first-order valence-corrected chi connectivity index (χ1v) is 29.9. The summed E-state index contributed by atoms with van der Waals surface area (Å²) >= 11 is 10.1. The van der Waals surface area contributed by atoms with E-state index in [0.717, 1.165) is 16.7 Å². The zero-order valence-electron chi connectivity index (χ0n) is 49.2. The quantitative estimate of drug-likeness (QED) is 0.0148. The highest BCUT2D eigenvalue weighted by atomic mass is 79.9. The second-order valence-corrected chi connectivity index (χ2v) is 23.8. The minimum atomic E-state index is -1.64. The maximum atomic E-state index is 14.5. The number of anilines is 2. The lowest BCUT2D eigenvalue weighted by Crippen LogP contribution is -2.53. The van der Waals surface area contributed by atoms with Crippen molar-refractivity contribution in [2.24, 2.45) is 23.5 Å². The van der Waals surface area contributed by atoms with Crippen LogP contribution < -0.4 is 26.6 Å². The fraction of sp³-hybridized carbons (Fsp3) is 0.532. The van der Waals surface area contributed by atoms with Crippen LogP contribution >= 0.6 is 27.5 Å². The number of ketones is 2. The summed E-state index contributed by atoms with van der Waals surface area (Å²) in [6, 6.07) is 8.58. The number of Topliss-reactive ketones (excluding diaryl/α,β-unsaturated/α-hetero) is 2. The number of allylic oxidation sites excluding steroid dienone is 3. The van der Waals surface area contributed by atoms with Gasteiger partial charge in [0.25, 0.3) is 0 Å². The van der Waals surface area contributed by atoms with Gasteiger partial charge >= 0.3 is 24.1 Å². The Morgan fingerprint density at radius 2 is 1.82 bits per heavy atom. The molecule has 1 aromatic heterocycles. The summed E-state index contributed by atoms with van der Waals surface area (Å²) in [5.41, 5.74) is 6.79. The number of aliphatic hydroxyl groups is 1. The molecule has 4 bridgehead atoms. The Morgan fingerprint density at radius 3 is 2.52 bits per heavy atom. The maximum absolute atomic E-state index is 14.5. The number of carbonyl (C=O) groups is 8. The van der Waals surface area contributed by atoms with Crippen LogP contribution in [0.3, 0.4) is 0 Å². The minimum Gasteiger partial charge on any atom is -0.462 e. The van der Waals surface area contributed by atoms with E-state index in [2.05, 4.69) is 43.4 Å². The zero-order valence-corrected chi connectivity index (χ0v) is 51.5. The second-order valence-electron chi connectivity index (χ2n) is 22.8. The molecule has 2 aromatic carbocycles. The molecule has 3 aromatic rings. The third-order valence-corrected chi connectivity index (χ3v) is 17.1. The number of esters is 2. The van der Waals surface area contributed by atoms with Crippen LogP contribution in [0.25, 0.3) is 10.9 Å². The predicted octanol–water partition coefficient (Wildman–Crippen LogP) is 8.80. The van der Waals surface area contributed by atoms with E-state index in [4.69, 9.17) is 41.0 Å². The SMILES string of the molecule is C=C(CBr)C(=O)OCCCCCC(=O)C[C@H](C(=O)N[C@@H](CCCNC(N)=O)C(=O)Cc1ccc(NC(=O)O[C@H]2CC(=O)N(C)c3cc(cc(C)c3Cl)C/C(C)=C/C=C/[C@@H](OC)[C@]3(O)CC(=O)O[C@@H](C3)[C@@H](C)[C@@H]3O[C@@]23C)c2cccnc12)C(C)C. The molecule has 84 heavy (non-hydrogen) atoms. The lowest BCUT2D eigenvalue weighted by Gasteiger charge is -2.41. The lowest BCUT2D eigenvalue weighted by atomic mass is 9.78. The molecule has 9 atom stereocenters. The number of epoxide rings is 1. The first kappa shape index (κ1) is 66.6. The van der Waals surface area contributed by atoms with Crippen LogP contribution in [0.15, 0.2) is 78.5 Å². The number of urea groups is 1.